The van der Waals surface area contributed by atoms with Gasteiger partial charge in [0.05, 0.1) is 51.0 Å². The van der Waals surface area contributed by atoms with Gasteiger partial charge in [0, 0.05) is 45.8 Å². The topological polar surface area (TPSA) is 195 Å². The fourth-order valence-electron chi connectivity index (χ4n) is 8.21. The Hall–Kier alpha value is -2.90. The molecule has 0 bridgehead atoms. The first-order valence-corrected chi connectivity index (χ1v) is 21.1. The van der Waals surface area contributed by atoms with Gasteiger partial charge in [-0.3, -0.25) is 14.4 Å². The minimum Gasteiger partial charge on any atom is -0.633 e. The number of hydrogen-bond acceptors (Lipinski definition) is 15. The highest BCUT2D eigenvalue weighted by Crippen LogP contribution is 2.39. The van der Waals surface area contributed by atoms with Gasteiger partial charge in [0.1, 0.15) is 42.8 Å². The molecule has 16 heteroatoms. The minimum atomic E-state index is -1.64. The third-order valence-electron chi connectivity index (χ3n) is 11.5. The van der Waals surface area contributed by atoms with Crippen molar-refractivity contribution >= 4 is 24.0 Å². The van der Waals surface area contributed by atoms with Crippen molar-refractivity contribution in [2.24, 2.45) is 11.8 Å². The zero-order valence-corrected chi connectivity index (χ0v) is 37.6. The predicted octanol–water partition coefficient (Wildman–Crippen LogP) is 4.67. The van der Waals surface area contributed by atoms with Gasteiger partial charge in [-0.15, -0.1) is 0 Å². The van der Waals surface area contributed by atoms with E-state index < -0.39 is 114 Å². The standard InChI is InChI=1S/C44H71NO15/c1-13-34(48)58-33-24-35(49)55-28(5)17-15-14-16-18-32(47)27(4)23-31(19-21-46)40(41(33)52-11)60-43-38(50)37(45(9,10)51)39(29(6)57-43)59-36-25-44(8,53-12)42(30(7)56-36)54-22-20-26(2)3/h14-16,18,20-21,27-31,33,36-43,50H,13,17,19,22-25H2,1-12H3/b15-14+,18-16+/t27-,28-,29-,30+,31+,33-,36+,37-,38-,39-,40+,41+,42+,43+,44-/m1/s1. The number of quaternary nitrogens is 1. The van der Waals surface area contributed by atoms with E-state index in [-0.39, 0.29) is 31.5 Å². The number of aldehydes is 1. The number of nitrogens with zero attached hydrogens (tertiary/aromatic N) is 1. The van der Waals surface area contributed by atoms with E-state index in [9.17, 15) is 29.5 Å². The van der Waals surface area contributed by atoms with Crippen molar-refractivity contribution in [3.05, 3.63) is 41.2 Å². The van der Waals surface area contributed by atoms with Crippen molar-refractivity contribution in [1.29, 1.82) is 0 Å². The Bertz CT molecular complexity index is 1490. The number of aliphatic hydroxyl groups is 1. The molecule has 0 aromatic carbocycles. The second-order valence-electron chi connectivity index (χ2n) is 17.2. The molecule has 2 saturated heterocycles. The second-order valence-corrected chi connectivity index (χ2v) is 17.2. The van der Waals surface area contributed by atoms with Crippen LogP contribution in [-0.4, -0.2) is 148 Å². The molecular formula is C44H71NO15. The number of hydroxylamine groups is 3. The van der Waals surface area contributed by atoms with Crippen LogP contribution in [0.25, 0.3) is 0 Å². The number of hydrogen-bond donors (Lipinski definition) is 1. The molecule has 2 fully saturated rings. The highest BCUT2D eigenvalue weighted by Gasteiger charge is 2.55. The van der Waals surface area contributed by atoms with Crippen molar-refractivity contribution in [3.63, 3.8) is 0 Å². The normalized spacial score (nSPS) is 38.6. The first-order valence-electron chi connectivity index (χ1n) is 21.1. The molecule has 1 N–H and O–H groups in total. The number of aliphatic hydroxyl groups excluding tert-OH is 1. The van der Waals surface area contributed by atoms with Crippen LogP contribution in [0.3, 0.4) is 0 Å². The van der Waals surface area contributed by atoms with Gasteiger partial charge in [0.2, 0.25) is 0 Å². The summed E-state index contributed by atoms with van der Waals surface area (Å²) in [5.74, 6) is -2.95. The van der Waals surface area contributed by atoms with Crippen molar-refractivity contribution in [2.75, 3.05) is 34.9 Å². The van der Waals surface area contributed by atoms with Crippen LogP contribution in [0.4, 0.5) is 0 Å². The van der Waals surface area contributed by atoms with E-state index in [1.54, 1.807) is 53.0 Å². The van der Waals surface area contributed by atoms with Crippen LogP contribution in [0, 0.1) is 17.0 Å². The Labute approximate surface area is 356 Å². The number of ether oxygens (including phenoxy) is 9. The third kappa shape index (κ3) is 14.3. The maximum absolute atomic E-state index is 14.0. The summed E-state index contributed by atoms with van der Waals surface area (Å²) in [4.78, 5) is 51.9. The molecule has 0 aromatic heterocycles. The van der Waals surface area contributed by atoms with Crippen LogP contribution in [0.5, 0.6) is 0 Å². The Balaban J connectivity index is 2.05. The summed E-state index contributed by atoms with van der Waals surface area (Å²) in [6, 6.07) is -1.21. The van der Waals surface area contributed by atoms with Gasteiger partial charge in [-0.25, -0.2) is 0 Å². The van der Waals surface area contributed by atoms with E-state index in [1.165, 1.54) is 27.3 Å². The predicted molar refractivity (Wildman–Crippen MR) is 220 cm³/mol. The number of ketones is 1. The molecule has 16 nitrogen and oxygen atoms in total. The lowest BCUT2D eigenvalue weighted by Crippen LogP contribution is -2.69. The molecule has 0 saturated carbocycles. The summed E-state index contributed by atoms with van der Waals surface area (Å²) in [6.45, 7) is 14.8. The third-order valence-corrected chi connectivity index (χ3v) is 11.5. The molecule has 3 aliphatic heterocycles. The molecule has 60 heavy (non-hydrogen) atoms. The number of likely N-dealkylation sites (N-methyl/N-ethyl adjacent to an activating group) is 1. The van der Waals surface area contributed by atoms with Crippen molar-refractivity contribution in [3.8, 4) is 0 Å². The molecule has 3 aliphatic rings. The molecule has 0 aromatic rings. The highest BCUT2D eigenvalue weighted by molar-refractivity contribution is 5.91. The van der Waals surface area contributed by atoms with Crippen LogP contribution in [0.15, 0.2) is 36.0 Å². The van der Waals surface area contributed by atoms with Gasteiger partial charge in [0.15, 0.2) is 24.5 Å². The van der Waals surface area contributed by atoms with E-state index in [4.69, 9.17) is 42.6 Å². The molecule has 0 amide bonds. The van der Waals surface area contributed by atoms with Crippen LogP contribution in [0.1, 0.15) is 93.9 Å². The molecule has 0 radical (unpaired) electrons. The molecular weight excluding hydrogens is 782 g/mol. The number of esters is 2. The van der Waals surface area contributed by atoms with Crippen molar-refractivity contribution in [2.45, 2.75) is 173 Å². The summed E-state index contributed by atoms with van der Waals surface area (Å²) in [6.07, 6.45) is -2.00. The number of allylic oxidation sites excluding steroid dienone is 4. The Morgan fingerprint density at radius 3 is 2.33 bits per heavy atom. The number of methoxy groups -OCH3 is 2. The number of rotatable bonds is 14. The summed E-state index contributed by atoms with van der Waals surface area (Å²) in [7, 11) is 5.67. The summed E-state index contributed by atoms with van der Waals surface area (Å²) < 4.78 is 54.5. The maximum Gasteiger partial charge on any atom is 0.309 e. The Kier molecular flexibility index (Phi) is 20.2. The monoisotopic (exact) mass is 853 g/mol. The number of cyclic esters (lactones) is 1. The highest BCUT2D eigenvalue weighted by atomic mass is 16.7. The average Bonchev–Trinajstić information content (AvgIpc) is 3.15. The van der Waals surface area contributed by atoms with Crippen molar-refractivity contribution in [1.82, 2.24) is 0 Å². The Morgan fingerprint density at radius 2 is 1.73 bits per heavy atom. The molecule has 0 spiro atoms. The van der Waals surface area contributed by atoms with E-state index in [0.29, 0.717) is 19.3 Å². The van der Waals surface area contributed by atoms with Crippen LogP contribution >= 0.6 is 0 Å². The zero-order chi connectivity index (χ0) is 44.9. The summed E-state index contributed by atoms with van der Waals surface area (Å²) in [5.41, 5.74) is 0.272. The molecule has 342 valence electrons. The van der Waals surface area contributed by atoms with Crippen molar-refractivity contribution < 1.29 is 71.6 Å². The lowest BCUT2D eigenvalue weighted by molar-refractivity contribution is -0.879. The SMILES string of the molecule is CCC(=O)O[C@@H]1CC(=O)O[C@H](C)C/C=C/C=C/C(=O)[C@H](C)C[C@H](CC=O)[C@H](O[C@@H]2O[C@H](C)[C@@H](O[C@H]3C[C@@](C)(OC)[C@@H](OCC=C(C)C)[C@H](C)O3)[C@H]([N+](C)(C)[O-])[C@H]2O)[C@H]1OC. The van der Waals surface area contributed by atoms with E-state index in [2.05, 4.69) is 0 Å². The number of carbonyl (C=O) groups is 4. The molecule has 0 aliphatic carbocycles. The molecule has 0 unspecified atom stereocenters. The van der Waals surface area contributed by atoms with E-state index in [1.807, 2.05) is 33.8 Å². The quantitative estimate of drug-likeness (QED) is 0.0832. The Morgan fingerprint density at radius 1 is 1.03 bits per heavy atom. The largest absolute Gasteiger partial charge is 0.633 e. The summed E-state index contributed by atoms with van der Waals surface area (Å²) in [5, 5.41) is 26.2. The van der Waals surface area contributed by atoms with Crippen LogP contribution in [0.2, 0.25) is 0 Å². The fraction of sp³-hybridized carbons (Fsp3) is 0.773. The average molecular weight is 854 g/mol. The fourth-order valence-corrected chi connectivity index (χ4v) is 8.21. The van der Waals surface area contributed by atoms with E-state index >= 15 is 0 Å². The maximum atomic E-state index is 14.0. The van der Waals surface area contributed by atoms with Gasteiger partial charge < -0.3 is 62.4 Å². The van der Waals surface area contributed by atoms with Gasteiger partial charge >= 0.3 is 11.9 Å². The van der Waals surface area contributed by atoms with E-state index in [0.717, 1.165) is 5.57 Å². The first-order chi connectivity index (χ1) is 28.2. The second kappa shape index (κ2) is 23.5. The molecule has 3 heterocycles. The van der Waals surface area contributed by atoms with Gasteiger partial charge in [-0.2, -0.15) is 0 Å². The van der Waals surface area contributed by atoms with Gasteiger partial charge in [-0.1, -0.05) is 43.7 Å². The minimum absolute atomic E-state index is 0.0253. The smallest absolute Gasteiger partial charge is 0.309 e. The van der Waals surface area contributed by atoms with Gasteiger partial charge in [-0.05, 0) is 60.0 Å². The first kappa shape index (κ1) is 51.5. The molecule has 3 rings (SSSR count). The van der Waals surface area contributed by atoms with Crippen LogP contribution in [-0.2, 0) is 61.8 Å². The molecule has 15 atom stereocenters. The summed E-state index contributed by atoms with van der Waals surface area (Å²) >= 11 is 0. The van der Waals surface area contributed by atoms with Gasteiger partial charge in [0.25, 0.3) is 0 Å². The lowest BCUT2D eigenvalue weighted by Gasteiger charge is -2.54. The number of carbonyl (C=O) groups excluding carboxylic acids is 4. The van der Waals surface area contributed by atoms with Crippen LogP contribution < -0.4 is 0 Å². The zero-order valence-electron chi connectivity index (χ0n) is 37.6. The lowest BCUT2D eigenvalue weighted by atomic mass is 9.83.